The van der Waals surface area contributed by atoms with E-state index in [0.717, 1.165) is 12.2 Å². The zero-order chi connectivity index (χ0) is 7.56. The van der Waals surface area contributed by atoms with Crippen LogP contribution in [-0.4, -0.2) is 10.3 Å². The molecule has 0 radical (unpaired) electrons. The van der Waals surface area contributed by atoms with Crippen LogP contribution in [0.2, 0.25) is 0 Å². The van der Waals surface area contributed by atoms with E-state index in [1.165, 1.54) is 0 Å². The summed E-state index contributed by atoms with van der Waals surface area (Å²) in [7, 11) is 0. The van der Waals surface area contributed by atoms with Crippen molar-refractivity contribution >= 4 is 0 Å². The van der Waals surface area contributed by atoms with E-state index in [4.69, 9.17) is 9.63 Å². The van der Waals surface area contributed by atoms with Gasteiger partial charge in [-0.25, -0.2) is 0 Å². The highest BCUT2D eigenvalue weighted by atomic mass is 16.5. The summed E-state index contributed by atoms with van der Waals surface area (Å²) in [6.07, 6.45) is 0.827. The summed E-state index contributed by atoms with van der Waals surface area (Å²) in [5.41, 5.74) is 0. The van der Waals surface area contributed by atoms with Crippen LogP contribution in [0.5, 0.6) is 5.88 Å². The molecule has 1 N–H and O–H groups in total. The highest BCUT2D eigenvalue weighted by Crippen LogP contribution is 2.12. The summed E-state index contributed by atoms with van der Waals surface area (Å²) in [4.78, 5) is 0. The SMILES string of the molecule is CC(C)Cc1cc(O)no1. The lowest BCUT2D eigenvalue weighted by Crippen LogP contribution is -1.90. The molecule has 1 aromatic heterocycles. The zero-order valence-corrected chi connectivity index (χ0v) is 6.16. The monoisotopic (exact) mass is 141 g/mol. The average Bonchev–Trinajstić information content (AvgIpc) is 2.13. The van der Waals surface area contributed by atoms with Crippen LogP contribution in [0.4, 0.5) is 0 Å². The molecule has 0 amide bonds. The second-order valence-electron chi connectivity index (χ2n) is 2.75. The van der Waals surface area contributed by atoms with Crippen LogP contribution in [0, 0.1) is 5.92 Å². The molecule has 0 unspecified atom stereocenters. The number of aromatic hydroxyl groups is 1. The number of hydrogen-bond donors (Lipinski definition) is 1. The summed E-state index contributed by atoms with van der Waals surface area (Å²) >= 11 is 0. The fourth-order valence-corrected chi connectivity index (χ4v) is 0.801. The molecule has 1 aromatic rings. The van der Waals surface area contributed by atoms with Crippen molar-refractivity contribution in [2.45, 2.75) is 20.3 Å². The van der Waals surface area contributed by atoms with Gasteiger partial charge in [-0.3, -0.25) is 0 Å². The van der Waals surface area contributed by atoms with Crippen molar-refractivity contribution in [2.75, 3.05) is 0 Å². The first kappa shape index (κ1) is 7.12. The maximum Gasteiger partial charge on any atom is 0.251 e. The van der Waals surface area contributed by atoms with Gasteiger partial charge >= 0.3 is 0 Å². The van der Waals surface area contributed by atoms with Gasteiger partial charge in [0.1, 0.15) is 5.76 Å². The van der Waals surface area contributed by atoms with Gasteiger partial charge in [-0.05, 0) is 11.1 Å². The lowest BCUT2D eigenvalue weighted by Gasteiger charge is -1.96. The van der Waals surface area contributed by atoms with Gasteiger partial charge in [0.25, 0.3) is 5.88 Å². The van der Waals surface area contributed by atoms with E-state index < -0.39 is 0 Å². The number of rotatable bonds is 2. The molecule has 0 spiro atoms. The van der Waals surface area contributed by atoms with E-state index >= 15 is 0 Å². The molecule has 56 valence electrons. The summed E-state index contributed by atoms with van der Waals surface area (Å²) in [5.74, 6) is 1.25. The smallest absolute Gasteiger partial charge is 0.251 e. The molecule has 3 heteroatoms. The Morgan fingerprint density at radius 2 is 2.40 bits per heavy atom. The van der Waals surface area contributed by atoms with Crippen molar-refractivity contribution in [3.05, 3.63) is 11.8 Å². The summed E-state index contributed by atoms with van der Waals surface area (Å²) in [6.45, 7) is 4.17. The molecule has 0 saturated carbocycles. The molecular weight excluding hydrogens is 130 g/mol. The zero-order valence-electron chi connectivity index (χ0n) is 6.16. The lowest BCUT2D eigenvalue weighted by molar-refractivity contribution is 0.334. The van der Waals surface area contributed by atoms with Gasteiger partial charge in [0, 0.05) is 12.5 Å². The Labute approximate surface area is 59.7 Å². The summed E-state index contributed by atoms with van der Waals surface area (Å²) in [6, 6.07) is 1.54. The van der Waals surface area contributed by atoms with Crippen molar-refractivity contribution in [3.63, 3.8) is 0 Å². The van der Waals surface area contributed by atoms with Crippen molar-refractivity contribution in [1.82, 2.24) is 5.16 Å². The molecule has 1 rings (SSSR count). The van der Waals surface area contributed by atoms with Crippen LogP contribution >= 0.6 is 0 Å². The normalized spacial score (nSPS) is 10.7. The topological polar surface area (TPSA) is 46.3 Å². The molecule has 0 aromatic carbocycles. The standard InChI is InChI=1S/C7H11NO2/c1-5(2)3-6-4-7(9)8-10-6/h4-5H,3H2,1-2H3,(H,8,9). The molecule has 1 heterocycles. The van der Waals surface area contributed by atoms with Crippen molar-refractivity contribution in [2.24, 2.45) is 5.92 Å². The van der Waals surface area contributed by atoms with Gasteiger partial charge in [-0.15, -0.1) is 0 Å². The van der Waals surface area contributed by atoms with Crippen LogP contribution in [-0.2, 0) is 6.42 Å². The van der Waals surface area contributed by atoms with Gasteiger partial charge in [0.05, 0.1) is 0 Å². The molecule has 0 saturated heterocycles. The van der Waals surface area contributed by atoms with Gasteiger partial charge in [-0.2, -0.15) is 0 Å². The van der Waals surface area contributed by atoms with Gasteiger partial charge < -0.3 is 9.63 Å². The van der Waals surface area contributed by atoms with Crippen LogP contribution < -0.4 is 0 Å². The maximum atomic E-state index is 8.76. The average molecular weight is 141 g/mol. The fraction of sp³-hybridized carbons (Fsp3) is 0.571. The molecule has 0 fully saturated rings. The Hall–Kier alpha value is -0.990. The van der Waals surface area contributed by atoms with E-state index in [9.17, 15) is 0 Å². The second kappa shape index (κ2) is 2.73. The fourth-order valence-electron chi connectivity index (χ4n) is 0.801. The van der Waals surface area contributed by atoms with Crippen LogP contribution in [0.15, 0.2) is 10.6 Å². The minimum Gasteiger partial charge on any atom is -0.491 e. The third-order valence-electron chi connectivity index (χ3n) is 1.16. The Morgan fingerprint density at radius 3 is 2.80 bits per heavy atom. The number of hydrogen-bond acceptors (Lipinski definition) is 3. The molecule has 0 aliphatic rings. The molecule has 0 aliphatic carbocycles. The molecule has 10 heavy (non-hydrogen) atoms. The van der Waals surface area contributed by atoms with E-state index in [-0.39, 0.29) is 5.88 Å². The minimum absolute atomic E-state index is 0.0318. The van der Waals surface area contributed by atoms with Crippen molar-refractivity contribution < 1.29 is 9.63 Å². The highest BCUT2D eigenvalue weighted by molar-refractivity contribution is 5.08. The predicted molar refractivity (Wildman–Crippen MR) is 36.7 cm³/mol. The van der Waals surface area contributed by atoms with Crippen LogP contribution in [0.25, 0.3) is 0 Å². The Bertz CT molecular complexity index is 205. The van der Waals surface area contributed by atoms with Crippen LogP contribution in [0.3, 0.4) is 0 Å². The Kier molecular flexibility index (Phi) is 1.94. The summed E-state index contributed by atoms with van der Waals surface area (Å²) in [5, 5.41) is 12.1. The van der Waals surface area contributed by atoms with E-state index in [1.807, 2.05) is 0 Å². The molecule has 0 atom stereocenters. The first-order chi connectivity index (χ1) is 4.68. The quantitative estimate of drug-likeness (QED) is 0.680. The first-order valence-electron chi connectivity index (χ1n) is 3.33. The molecule has 3 nitrogen and oxygen atoms in total. The predicted octanol–water partition coefficient (Wildman–Crippen LogP) is 1.58. The van der Waals surface area contributed by atoms with E-state index in [1.54, 1.807) is 6.07 Å². The van der Waals surface area contributed by atoms with E-state index in [0.29, 0.717) is 5.92 Å². The third kappa shape index (κ3) is 1.76. The number of aromatic nitrogens is 1. The maximum absolute atomic E-state index is 8.76. The Balaban J connectivity index is 2.58. The Morgan fingerprint density at radius 1 is 1.70 bits per heavy atom. The summed E-state index contributed by atoms with van der Waals surface area (Å²) < 4.78 is 4.78. The third-order valence-corrected chi connectivity index (χ3v) is 1.16. The van der Waals surface area contributed by atoms with Gasteiger partial charge in [0.2, 0.25) is 0 Å². The molecule has 0 aliphatic heterocycles. The number of nitrogens with zero attached hydrogens (tertiary/aromatic N) is 1. The van der Waals surface area contributed by atoms with Gasteiger partial charge in [0.15, 0.2) is 0 Å². The first-order valence-corrected chi connectivity index (χ1v) is 3.33. The highest BCUT2D eigenvalue weighted by Gasteiger charge is 2.03. The van der Waals surface area contributed by atoms with Crippen molar-refractivity contribution in [3.8, 4) is 5.88 Å². The minimum atomic E-state index is -0.0318. The van der Waals surface area contributed by atoms with E-state index in [2.05, 4.69) is 19.0 Å². The largest absolute Gasteiger partial charge is 0.491 e. The second-order valence-corrected chi connectivity index (χ2v) is 2.75. The molecular formula is C7H11NO2. The van der Waals surface area contributed by atoms with Crippen molar-refractivity contribution in [1.29, 1.82) is 0 Å². The lowest BCUT2D eigenvalue weighted by atomic mass is 10.1. The van der Waals surface area contributed by atoms with Gasteiger partial charge in [-0.1, -0.05) is 13.8 Å². The molecule has 0 bridgehead atoms. The van der Waals surface area contributed by atoms with Crippen LogP contribution in [0.1, 0.15) is 19.6 Å².